The molecule has 37 heavy (non-hydrogen) atoms. The van der Waals surface area contributed by atoms with E-state index < -0.39 is 0 Å². The van der Waals surface area contributed by atoms with Gasteiger partial charge in [-0.25, -0.2) is 0 Å². The summed E-state index contributed by atoms with van der Waals surface area (Å²) in [7, 11) is 0. The van der Waals surface area contributed by atoms with E-state index in [1.807, 2.05) is 0 Å². The molecule has 0 spiro atoms. The molecule has 0 aromatic carbocycles. The van der Waals surface area contributed by atoms with E-state index >= 15 is 0 Å². The van der Waals surface area contributed by atoms with E-state index in [9.17, 15) is 9.90 Å². The summed E-state index contributed by atoms with van der Waals surface area (Å²) in [5.74, 6) is 0.253. The Kier molecular flexibility index (Phi) is 31.2. The smallest absolute Gasteiger partial charge is 0.219 e. The van der Waals surface area contributed by atoms with Crippen LogP contribution in [0.25, 0.3) is 0 Å². The minimum Gasteiger partial charge on any atom is -0.393 e. The highest BCUT2D eigenvalue weighted by Gasteiger charge is 2.04. The summed E-state index contributed by atoms with van der Waals surface area (Å²) in [5.41, 5.74) is 0. The van der Waals surface area contributed by atoms with Crippen LogP contribution in [0.4, 0.5) is 0 Å². The largest absolute Gasteiger partial charge is 0.393 e. The summed E-state index contributed by atoms with van der Waals surface area (Å²) in [4.78, 5) is 12.0. The first-order valence-electron chi connectivity index (χ1n) is 17.2. The predicted molar refractivity (Wildman–Crippen MR) is 164 cm³/mol. The fourth-order valence-corrected chi connectivity index (χ4v) is 5.31. The lowest BCUT2D eigenvalue weighted by Crippen LogP contribution is -2.23. The van der Waals surface area contributed by atoms with Crippen LogP contribution < -0.4 is 5.32 Å². The van der Waals surface area contributed by atoms with Gasteiger partial charge < -0.3 is 10.4 Å². The number of carbonyl (C=O) groups is 1. The number of unbranched alkanes of at least 4 members (excludes halogenated alkanes) is 23. The van der Waals surface area contributed by atoms with E-state index in [4.69, 9.17) is 0 Å². The molecule has 0 radical (unpaired) electrons. The minimum atomic E-state index is -0.0719. The lowest BCUT2D eigenvalue weighted by atomic mass is 10.0. The second kappa shape index (κ2) is 31.6. The zero-order chi connectivity index (χ0) is 27.1. The topological polar surface area (TPSA) is 49.3 Å². The highest BCUT2D eigenvalue weighted by Crippen LogP contribution is 2.15. The van der Waals surface area contributed by atoms with Gasteiger partial charge in [-0.1, -0.05) is 168 Å². The molecule has 0 rings (SSSR count). The van der Waals surface area contributed by atoms with Crippen molar-refractivity contribution in [1.82, 2.24) is 5.32 Å². The molecule has 3 heteroatoms. The molecule has 222 valence electrons. The van der Waals surface area contributed by atoms with Crippen molar-refractivity contribution in [3.05, 3.63) is 0 Å². The van der Waals surface area contributed by atoms with Gasteiger partial charge in [0.05, 0.1) is 6.10 Å². The maximum absolute atomic E-state index is 12.0. The molecule has 2 N–H and O–H groups in total. The predicted octanol–water partition coefficient (Wildman–Crippen LogP) is 10.8. The Labute approximate surface area is 233 Å². The van der Waals surface area contributed by atoms with Crippen molar-refractivity contribution in [3.63, 3.8) is 0 Å². The van der Waals surface area contributed by atoms with Crippen LogP contribution in [0.5, 0.6) is 0 Å². The van der Waals surface area contributed by atoms with Gasteiger partial charge >= 0.3 is 0 Å². The maximum atomic E-state index is 12.0. The van der Waals surface area contributed by atoms with E-state index in [1.165, 1.54) is 154 Å². The van der Waals surface area contributed by atoms with Gasteiger partial charge in [0, 0.05) is 13.0 Å². The van der Waals surface area contributed by atoms with E-state index in [-0.39, 0.29) is 12.0 Å². The Morgan fingerprint density at radius 1 is 0.486 bits per heavy atom. The monoisotopic (exact) mass is 524 g/mol. The molecule has 1 atom stereocenters. The molecule has 0 saturated heterocycles. The van der Waals surface area contributed by atoms with Crippen molar-refractivity contribution in [2.75, 3.05) is 6.54 Å². The van der Waals surface area contributed by atoms with Gasteiger partial charge in [-0.2, -0.15) is 0 Å². The third-order valence-corrected chi connectivity index (χ3v) is 7.93. The van der Waals surface area contributed by atoms with Crippen LogP contribution in [0.1, 0.15) is 200 Å². The van der Waals surface area contributed by atoms with E-state index in [1.54, 1.807) is 0 Å². The minimum absolute atomic E-state index is 0.0719. The van der Waals surface area contributed by atoms with Crippen molar-refractivity contribution < 1.29 is 9.90 Å². The molecule has 0 aromatic heterocycles. The molecule has 0 aliphatic carbocycles. The zero-order valence-electron chi connectivity index (χ0n) is 25.6. The highest BCUT2D eigenvalue weighted by molar-refractivity contribution is 5.75. The van der Waals surface area contributed by atoms with E-state index in [2.05, 4.69) is 19.2 Å². The second-order valence-electron chi connectivity index (χ2n) is 11.8. The van der Waals surface area contributed by atoms with Crippen molar-refractivity contribution in [3.8, 4) is 0 Å². The normalized spacial score (nSPS) is 12.2. The second-order valence-corrected chi connectivity index (χ2v) is 11.8. The van der Waals surface area contributed by atoms with Gasteiger partial charge in [0.25, 0.3) is 0 Å². The third-order valence-electron chi connectivity index (χ3n) is 7.93. The van der Waals surface area contributed by atoms with Gasteiger partial charge in [0.15, 0.2) is 0 Å². The van der Waals surface area contributed by atoms with Crippen molar-refractivity contribution in [1.29, 1.82) is 0 Å². The standard InChI is InChI=1S/C34H69NO2/c1-3-5-7-9-10-11-12-13-14-15-18-21-24-28-32-35-34(37)31-27-23-20-17-16-19-22-26-30-33(36)29-25-8-6-4-2/h33,36H,3-32H2,1-2H3,(H,35,37). The number of hydrogen-bond donors (Lipinski definition) is 2. The van der Waals surface area contributed by atoms with Crippen LogP contribution in [-0.2, 0) is 4.79 Å². The Morgan fingerprint density at radius 3 is 1.24 bits per heavy atom. The van der Waals surface area contributed by atoms with Crippen LogP contribution in [0.2, 0.25) is 0 Å². The highest BCUT2D eigenvalue weighted by atomic mass is 16.3. The van der Waals surface area contributed by atoms with Crippen LogP contribution >= 0.6 is 0 Å². The molecule has 0 aliphatic heterocycles. The summed E-state index contributed by atoms with van der Waals surface area (Å²) in [5, 5.41) is 13.1. The van der Waals surface area contributed by atoms with Gasteiger partial charge in [-0.3, -0.25) is 4.79 Å². The van der Waals surface area contributed by atoms with Crippen molar-refractivity contribution in [2.45, 2.75) is 206 Å². The molecule has 0 aromatic rings. The SMILES string of the molecule is CCCCCCCCCCCCCCCCNC(=O)CCCCCCCCCCC(O)CCCCCC. The number of rotatable bonds is 31. The lowest BCUT2D eigenvalue weighted by molar-refractivity contribution is -0.121. The molecule has 1 amide bonds. The quantitative estimate of drug-likeness (QED) is 0.0887. The zero-order valence-corrected chi connectivity index (χ0v) is 25.6. The van der Waals surface area contributed by atoms with Crippen LogP contribution in [-0.4, -0.2) is 23.7 Å². The molecule has 0 heterocycles. The molecular weight excluding hydrogens is 454 g/mol. The van der Waals surface area contributed by atoms with Crippen LogP contribution in [0, 0.1) is 0 Å². The molecule has 3 nitrogen and oxygen atoms in total. The lowest BCUT2D eigenvalue weighted by Gasteiger charge is -2.10. The number of nitrogens with one attached hydrogen (secondary N) is 1. The Morgan fingerprint density at radius 2 is 0.811 bits per heavy atom. The Bertz CT molecular complexity index is 440. The van der Waals surface area contributed by atoms with Gasteiger partial charge in [0.1, 0.15) is 0 Å². The van der Waals surface area contributed by atoms with Crippen LogP contribution in [0.3, 0.4) is 0 Å². The Hall–Kier alpha value is -0.570. The summed E-state index contributed by atoms with van der Waals surface area (Å²) in [6.07, 6.45) is 36.7. The van der Waals surface area contributed by atoms with Crippen molar-refractivity contribution in [2.24, 2.45) is 0 Å². The average molecular weight is 524 g/mol. The first-order valence-corrected chi connectivity index (χ1v) is 17.2. The molecule has 0 fully saturated rings. The Balaban J connectivity index is 3.20. The summed E-state index contributed by atoms with van der Waals surface area (Å²) >= 11 is 0. The van der Waals surface area contributed by atoms with Crippen LogP contribution in [0.15, 0.2) is 0 Å². The fourth-order valence-electron chi connectivity index (χ4n) is 5.31. The number of aliphatic hydroxyl groups is 1. The molecule has 0 aliphatic rings. The third kappa shape index (κ3) is 31.5. The molecule has 1 unspecified atom stereocenters. The maximum Gasteiger partial charge on any atom is 0.219 e. The van der Waals surface area contributed by atoms with E-state index in [0.717, 1.165) is 32.2 Å². The number of aliphatic hydroxyl groups excluding tert-OH is 1. The summed E-state index contributed by atoms with van der Waals surface area (Å²) in [6.45, 7) is 5.38. The number of amides is 1. The van der Waals surface area contributed by atoms with E-state index in [0.29, 0.717) is 6.42 Å². The summed E-state index contributed by atoms with van der Waals surface area (Å²) < 4.78 is 0. The first-order chi connectivity index (χ1) is 18.2. The molecule has 0 saturated carbocycles. The van der Waals surface area contributed by atoms with Gasteiger partial charge in [0.2, 0.25) is 5.91 Å². The van der Waals surface area contributed by atoms with Crippen molar-refractivity contribution >= 4 is 5.91 Å². The summed E-state index contributed by atoms with van der Waals surface area (Å²) in [6, 6.07) is 0. The number of hydrogen-bond acceptors (Lipinski definition) is 2. The molecular formula is C34H69NO2. The number of carbonyl (C=O) groups excluding carboxylic acids is 1. The van der Waals surface area contributed by atoms with Gasteiger partial charge in [-0.05, 0) is 25.7 Å². The average Bonchev–Trinajstić information content (AvgIpc) is 2.90. The van der Waals surface area contributed by atoms with Gasteiger partial charge in [-0.15, -0.1) is 0 Å². The first kappa shape index (κ1) is 36.4. The fraction of sp³-hybridized carbons (Fsp3) is 0.971. The molecule has 0 bridgehead atoms.